The molecule has 1 fully saturated rings. The maximum Gasteiger partial charge on any atom is 0.220 e. The molecule has 0 aliphatic carbocycles. The number of rotatable bonds is 9. The van der Waals surface area contributed by atoms with Crippen molar-refractivity contribution < 1.29 is 9.53 Å². The quantitative estimate of drug-likeness (QED) is 0.662. The Morgan fingerprint density at radius 1 is 1.45 bits per heavy atom. The molecule has 1 heterocycles. The number of ether oxygens (including phenoxy) is 1. The fourth-order valence-corrected chi connectivity index (χ4v) is 2.63. The summed E-state index contributed by atoms with van der Waals surface area (Å²) in [7, 11) is 0. The highest BCUT2D eigenvalue weighted by molar-refractivity contribution is 5.75. The highest BCUT2D eigenvalue weighted by Crippen LogP contribution is 2.14. The lowest BCUT2D eigenvalue weighted by atomic mass is 9.96. The minimum absolute atomic E-state index is 0.137. The summed E-state index contributed by atoms with van der Waals surface area (Å²) in [4.78, 5) is 14.2. The Labute approximate surface area is 123 Å². The minimum Gasteiger partial charge on any atom is -0.374 e. The van der Waals surface area contributed by atoms with Crippen LogP contribution in [0.2, 0.25) is 0 Å². The van der Waals surface area contributed by atoms with Gasteiger partial charge in [0.2, 0.25) is 5.91 Å². The van der Waals surface area contributed by atoms with Crippen molar-refractivity contribution >= 4 is 5.91 Å². The van der Waals surface area contributed by atoms with Gasteiger partial charge in [-0.2, -0.15) is 0 Å². The van der Waals surface area contributed by atoms with E-state index in [1.807, 2.05) is 0 Å². The highest BCUT2D eigenvalue weighted by atomic mass is 16.5. The van der Waals surface area contributed by atoms with Gasteiger partial charge in [0, 0.05) is 26.1 Å². The fourth-order valence-electron chi connectivity index (χ4n) is 2.63. The Morgan fingerprint density at radius 3 is 2.90 bits per heavy atom. The lowest BCUT2D eigenvalue weighted by molar-refractivity contribution is -0.122. The van der Waals surface area contributed by atoms with Gasteiger partial charge >= 0.3 is 0 Å². The van der Waals surface area contributed by atoms with Crippen LogP contribution < -0.4 is 11.1 Å². The smallest absolute Gasteiger partial charge is 0.220 e. The number of nitrogens with one attached hydrogen (secondary N) is 1. The number of likely N-dealkylation sites (N-methyl/N-ethyl adjacent to an activating group) is 1. The van der Waals surface area contributed by atoms with E-state index in [0.29, 0.717) is 25.4 Å². The Morgan fingerprint density at radius 2 is 2.25 bits per heavy atom. The highest BCUT2D eigenvalue weighted by Gasteiger charge is 2.19. The molecule has 5 nitrogen and oxygen atoms in total. The number of hydrogen-bond acceptors (Lipinski definition) is 4. The largest absolute Gasteiger partial charge is 0.374 e. The lowest BCUT2D eigenvalue weighted by Gasteiger charge is -2.32. The molecule has 1 saturated heterocycles. The van der Waals surface area contributed by atoms with Gasteiger partial charge in [-0.3, -0.25) is 9.69 Å². The van der Waals surface area contributed by atoms with Crippen LogP contribution in [0.1, 0.15) is 39.5 Å². The first-order chi connectivity index (χ1) is 9.69. The molecule has 20 heavy (non-hydrogen) atoms. The van der Waals surface area contributed by atoms with Crippen LogP contribution in [0.3, 0.4) is 0 Å². The summed E-state index contributed by atoms with van der Waals surface area (Å²) in [5, 5.41) is 3.00. The molecule has 1 aliphatic heterocycles. The van der Waals surface area contributed by atoms with Crippen LogP contribution >= 0.6 is 0 Å². The first-order valence-corrected chi connectivity index (χ1v) is 8.00. The molecule has 0 radical (unpaired) electrons. The molecule has 5 heteroatoms. The number of morpholine rings is 1. The molecule has 0 aromatic heterocycles. The van der Waals surface area contributed by atoms with Crippen molar-refractivity contribution in [2.24, 2.45) is 11.7 Å². The van der Waals surface area contributed by atoms with E-state index in [1.54, 1.807) is 0 Å². The zero-order chi connectivity index (χ0) is 14.8. The summed E-state index contributed by atoms with van der Waals surface area (Å²) < 4.78 is 5.67. The Bertz CT molecular complexity index is 274. The van der Waals surface area contributed by atoms with Crippen molar-refractivity contribution in [3.05, 3.63) is 0 Å². The van der Waals surface area contributed by atoms with E-state index in [4.69, 9.17) is 10.5 Å². The van der Waals surface area contributed by atoms with Crippen LogP contribution in [0, 0.1) is 5.92 Å². The van der Waals surface area contributed by atoms with Crippen LogP contribution in [0.4, 0.5) is 0 Å². The van der Waals surface area contributed by atoms with Crippen LogP contribution in [0.15, 0.2) is 0 Å². The normalized spacial score (nSPS) is 21.6. The average molecular weight is 285 g/mol. The number of amides is 1. The predicted octanol–water partition coefficient (Wildman–Crippen LogP) is 0.979. The summed E-state index contributed by atoms with van der Waals surface area (Å²) in [5.74, 6) is 0.713. The van der Waals surface area contributed by atoms with Gasteiger partial charge in [-0.1, -0.05) is 20.3 Å². The van der Waals surface area contributed by atoms with Crippen molar-refractivity contribution in [2.75, 3.05) is 39.3 Å². The zero-order valence-electron chi connectivity index (χ0n) is 13.1. The number of hydrogen-bond donors (Lipinski definition) is 2. The third-order valence-electron chi connectivity index (χ3n) is 4.13. The van der Waals surface area contributed by atoms with Gasteiger partial charge in [-0.15, -0.1) is 0 Å². The van der Waals surface area contributed by atoms with E-state index >= 15 is 0 Å². The number of nitrogens with two attached hydrogens (primary N) is 1. The molecule has 1 aliphatic rings. The molecule has 0 aromatic rings. The standard InChI is InChI=1S/C15H31N3O2/c1-3-13(7-8-16)5-6-15(19)17-11-14-12-18(4-2)9-10-20-14/h13-14H,3-12,16H2,1-2H3,(H,17,19). The van der Waals surface area contributed by atoms with Crippen molar-refractivity contribution in [1.82, 2.24) is 10.2 Å². The second-order valence-corrected chi connectivity index (χ2v) is 5.58. The number of nitrogens with zero attached hydrogens (tertiary/aromatic N) is 1. The Kier molecular flexibility index (Phi) is 8.82. The summed E-state index contributed by atoms with van der Waals surface area (Å²) in [6.07, 6.45) is 3.79. The number of carbonyl (C=O) groups excluding carboxylic acids is 1. The molecule has 0 aromatic carbocycles. The zero-order valence-corrected chi connectivity index (χ0v) is 13.1. The molecule has 1 rings (SSSR count). The fraction of sp³-hybridized carbons (Fsp3) is 0.933. The molecule has 2 unspecified atom stereocenters. The van der Waals surface area contributed by atoms with Crippen molar-refractivity contribution in [3.8, 4) is 0 Å². The van der Waals surface area contributed by atoms with Crippen molar-refractivity contribution in [2.45, 2.75) is 45.6 Å². The summed E-state index contributed by atoms with van der Waals surface area (Å²) >= 11 is 0. The van der Waals surface area contributed by atoms with Crippen molar-refractivity contribution in [3.63, 3.8) is 0 Å². The SMILES string of the molecule is CCC(CCN)CCC(=O)NCC1CN(CC)CCO1. The molecule has 118 valence electrons. The van der Waals surface area contributed by atoms with Crippen LogP contribution in [-0.4, -0.2) is 56.2 Å². The van der Waals surface area contributed by atoms with Gasteiger partial charge in [0.15, 0.2) is 0 Å². The topological polar surface area (TPSA) is 67.6 Å². The summed E-state index contributed by atoms with van der Waals surface area (Å²) in [5.41, 5.74) is 5.57. The van der Waals surface area contributed by atoms with Crippen LogP contribution in [0.5, 0.6) is 0 Å². The van der Waals surface area contributed by atoms with Crippen molar-refractivity contribution in [1.29, 1.82) is 0 Å². The lowest BCUT2D eigenvalue weighted by Crippen LogP contribution is -2.47. The first kappa shape index (κ1) is 17.4. The van der Waals surface area contributed by atoms with E-state index in [1.165, 1.54) is 0 Å². The third kappa shape index (κ3) is 6.68. The number of carbonyl (C=O) groups is 1. The monoisotopic (exact) mass is 285 g/mol. The van der Waals surface area contributed by atoms with Gasteiger partial charge in [0.1, 0.15) is 0 Å². The summed E-state index contributed by atoms with van der Waals surface area (Å²) in [6, 6.07) is 0. The molecule has 3 N–H and O–H groups in total. The van der Waals surface area contributed by atoms with E-state index in [0.717, 1.165) is 45.5 Å². The van der Waals surface area contributed by atoms with Gasteiger partial charge in [0.05, 0.1) is 12.7 Å². The Hall–Kier alpha value is -0.650. The van der Waals surface area contributed by atoms with E-state index in [-0.39, 0.29) is 12.0 Å². The molecule has 0 bridgehead atoms. The van der Waals surface area contributed by atoms with E-state index in [2.05, 4.69) is 24.1 Å². The molecule has 0 spiro atoms. The van der Waals surface area contributed by atoms with Gasteiger partial charge in [-0.05, 0) is 31.8 Å². The molecular weight excluding hydrogens is 254 g/mol. The predicted molar refractivity (Wildman–Crippen MR) is 81.6 cm³/mol. The second kappa shape index (κ2) is 10.1. The minimum atomic E-state index is 0.137. The third-order valence-corrected chi connectivity index (χ3v) is 4.13. The molecule has 1 amide bonds. The van der Waals surface area contributed by atoms with Gasteiger partial charge in [0.25, 0.3) is 0 Å². The maximum atomic E-state index is 11.8. The Balaban J connectivity index is 2.16. The van der Waals surface area contributed by atoms with Crippen LogP contribution in [-0.2, 0) is 9.53 Å². The maximum absolute atomic E-state index is 11.8. The average Bonchev–Trinajstić information content (AvgIpc) is 2.49. The van der Waals surface area contributed by atoms with Gasteiger partial charge < -0.3 is 15.8 Å². The summed E-state index contributed by atoms with van der Waals surface area (Å²) in [6.45, 7) is 9.39. The first-order valence-electron chi connectivity index (χ1n) is 8.00. The van der Waals surface area contributed by atoms with Crippen LogP contribution in [0.25, 0.3) is 0 Å². The molecule has 2 atom stereocenters. The molecular formula is C15H31N3O2. The second-order valence-electron chi connectivity index (χ2n) is 5.58. The van der Waals surface area contributed by atoms with E-state index in [9.17, 15) is 4.79 Å². The molecule has 0 saturated carbocycles. The van der Waals surface area contributed by atoms with Gasteiger partial charge in [-0.25, -0.2) is 0 Å². The van der Waals surface area contributed by atoms with E-state index < -0.39 is 0 Å².